The van der Waals surface area contributed by atoms with Crippen LogP contribution in [0.1, 0.15) is 86.5 Å². The van der Waals surface area contributed by atoms with Crippen molar-refractivity contribution in [2.75, 3.05) is 0 Å². The molecule has 4 aliphatic carbocycles. The van der Waals surface area contributed by atoms with Crippen LogP contribution in [0.2, 0.25) is 0 Å². The van der Waals surface area contributed by atoms with Gasteiger partial charge in [0.15, 0.2) is 5.82 Å². The highest BCUT2D eigenvalue weighted by atomic mass is 16.3. The Bertz CT molecular complexity index is 3210. The van der Waals surface area contributed by atoms with E-state index in [2.05, 4.69) is 140 Å². The lowest BCUT2D eigenvalue weighted by atomic mass is 9.66. The molecule has 2 aromatic heterocycles. The van der Waals surface area contributed by atoms with Crippen LogP contribution in [0.25, 0.3) is 89.2 Å². The molecular formula is C58H46N2O. The lowest BCUT2D eigenvalue weighted by Crippen LogP contribution is -2.29. The number of hydrogen-bond acceptors (Lipinski definition) is 3. The van der Waals surface area contributed by atoms with E-state index in [4.69, 9.17) is 14.4 Å². The van der Waals surface area contributed by atoms with Gasteiger partial charge in [0.1, 0.15) is 11.2 Å². The molecule has 2 spiro atoms. The zero-order valence-electron chi connectivity index (χ0n) is 34.4. The molecule has 0 unspecified atom stereocenters. The maximum atomic E-state index is 6.32. The van der Waals surface area contributed by atoms with Crippen molar-refractivity contribution in [2.45, 2.75) is 75.0 Å². The Morgan fingerprint density at radius 1 is 0.344 bits per heavy atom. The molecule has 3 heteroatoms. The fourth-order valence-corrected chi connectivity index (χ4v) is 12.2. The van der Waals surface area contributed by atoms with Gasteiger partial charge < -0.3 is 4.42 Å². The largest absolute Gasteiger partial charge is 0.456 e. The van der Waals surface area contributed by atoms with Gasteiger partial charge >= 0.3 is 0 Å². The molecule has 3 nitrogen and oxygen atoms in total. The quantitative estimate of drug-likeness (QED) is 0.178. The summed E-state index contributed by atoms with van der Waals surface area (Å²) in [5, 5.41) is 2.24. The first-order valence-corrected chi connectivity index (χ1v) is 22.6. The van der Waals surface area contributed by atoms with Crippen LogP contribution in [0, 0.1) is 0 Å². The summed E-state index contributed by atoms with van der Waals surface area (Å²) < 4.78 is 6.32. The molecule has 13 rings (SSSR count). The fraction of sp³-hybridized carbons (Fsp3) is 0.207. The topological polar surface area (TPSA) is 38.9 Å². The fourth-order valence-electron chi connectivity index (χ4n) is 12.2. The van der Waals surface area contributed by atoms with Crippen LogP contribution < -0.4 is 0 Å². The van der Waals surface area contributed by atoms with Crippen molar-refractivity contribution in [3.05, 3.63) is 180 Å². The molecule has 0 bridgehead atoms. The van der Waals surface area contributed by atoms with E-state index in [0.29, 0.717) is 5.82 Å². The number of aromatic nitrogens is 2. The van der Waals surface area contributed by atoms with Crippen molar-refractivity contribution < 1.29 is 4.42 Å². The van der Waals surface area contributed by atoms with Gasteiger partial charge in [0, 0.05) is 38.3 Å². The molecule has 0 radical (unpaired) electrons. The van der Waals surface area contributed by atoms with Crippen LogP contribution in [-0.4, -0.2) is 9.97 Å². The average molecular weight is 787 g/mol. The Morgan fingerprint density at radius 3 is 1.67 bits per heavy atom. The molecule has 0 aliphatic heterocycles. The van der Waals surface area contributed by atoms with Gasteiger partial charge in [-0.1, -0.05) is 148 Å². The second-order valence-electron chi connectivity index (χ2n) is 18.3. The Kier molecular flexibility index (Phi) is 7.77. The van der Waals surface area contributed by atoms with Gasteiger partial charge in [-0.2, -0.15) is 0 Å². The molecule has 0 N–H and O–H groups in total. The molecule has 2 saturated carbocycles. The molecule has 4 aliphatic rings. The highest BCUT2D eigenvalue weighted by Crippen LogP contribution is 2.62. The summed E-state index contributed by atoms with van der Waals surface area (Å²) in [5.41, 5.74) is 21.5. The van der Waals surface area contributed by atoms with Crippen LogP contribution >= 0.6 is 0 Å². The van der Waals surface area contributed by atoms with Crippen LogP contribution in [0.4, 0.5) is 0 Å². The minimum Gasteiger partial charge on any atom is -0.456 e. The third-order valence-corrected chi connectivity index (χ3v) is 15.1. The summed E-state index contributed by atoms with van der Waals surface area (Å²) in [6.07, 6.45) is 12.9. The summed E-state index contributed by atoms with van der Waals surface area (Å²) in [7, 11) is 0. The molecule has 9 aromatic rings. The van der Waals surface area contributed by atoms with E-state index < -0.39 is 0 Å². The van der Waals surface area contributed by atoms with Crippen LogP contribution in [0.5, 0.6) is 0 Å². The minimum absolute atomic E-state index is 0.0895. The average Bonchev–Trinajstić information content (AvgIpc) is 3.92. The smallest absolute Gasteiger partial charge is 0.160 e. The first kappa shape index (κ1) is 35.2. The number of fused-ring (bicyclic) bond motifs is 13. The minimum atomic E-state index is 0.0895. The predicted octanol–water partition coefficient (Wildman–Crippen LogP) is 15.5. The number of benzene rings is 7. The third-order valence-electron chi connectivity index (χ3n) is 15.1. The van der Waals surface area contributed by atoms with E-state index >= 15 is 0 Å². The first-order valence-electron chi connectivity index (χ1n) is 22.6. The second kappa shape index (κ2) is 13.5. The van der Waals surface area contributed by atoms with Gasteiger partial charge in [-0.15, -0.1) is 0 Å². The molecule has 2 heterocycles. The van der Waals surface area contributed by atoms with Crippen LogP contribution in [0.15, 0.2) is 162 Å². The van der Waals surface area contributed by atoms with Gasteiger partial charge in [-0.05, 0) is 130 Å². The van der Waals surface area contributed by atoms with Gasteiger partial charge in [0.05, 0.1) is 11.4 Å². The van der Waals surface area contributed by atoms with Crippen molar-refractivity contribution in [1.82, 2.24) is 9.97 Å². The van der Waals surface area contributed by atoms with E-state index in [0.717, 1.165) is 50.0 Å². The zero-order valence-corrected chi connectivity index (χ0v) is 34.4. The summed E-state index contributed by atoms with van der Waals surface area (Å²) in [4.78, 5) is 10.4. The van der Waals surface area contributed by atoms with Crippen LogP contribution in [-0.2, 0) is 10.8 Å². The zero-order chi connectivity index (χ0) is 40.1. The number of furan rings is 1. The van der Waals surface area contributed by atoms with Gasteiger partial charge in [-0.3, -0.25) is 0 Å². The summed E-state index contributed by atoms with van der Waals surface area (Å²) in [5.74, 6) is 0.709. The van der Waals surface area contributed by atoms with Gasteiger partial charge in [-0.25, -0.2) is 9.97 Å². The van der Waals surface area contributed by atoms with Crippen LogP contribution in [0.3, 0.4) is 0 Å². The van der Waals surface area contributed by atoms with Crippen molar-refractivity contribution >= 4 is 21.9 Å². The number of nitrogens with zero attached hydrogens (tertiary/aromatic N) is 2. The molecule has 0 saturated heterocycles. The SMILES string of the molecule is c1ccc(-c2nc(-c3cccc(-c4ccc5c(c4)-c4cc6c(cc4C54CCCCC4)-c4ccccc4C64CCCCC4)c3)cc(-c3ccc4c(c3)oc3ccccc34)n2)cc1. The Labute approximate surface area is 357 Å². The molecule has 0 amide bonds. The summed E-state index contributed by atoms with van der Waals surface area (Å²) in [6, 6.07) is 58.3. The van der Waals surface area contributed by atoms with E-state index in [-0.39, 0.29) is 10.8 Å². The van der Waals surface area contributed by atoms with E-state index in [1.165, 1.54) is 97.6 Å². The summed E-state index contributed by atoms with van der Waals surface area (Å²) in [6.45, 7) is 0. The third kappa shape index (κ3) is 5.29. The number of hydrogen-bond donors (Lipinski definition) is 0. The van der Waals surface area contributed by atoms with Gasteiger partial charge in [0.25, 0.3) is 0 Å². The summed E-state index contributed by atoms with van der Waals surface area (Å²) >= 11 is 0. The molecular weight excluding hydrogens is 741 g/mol. The lowest BCUT2D eigenvalue weighted by molar-refractivity contribution is 0.350. The second-order valence-corrected chi connectivity index (χ2v) is 18.3. The van der Waals surface area contributed by atoms with E-state index in [1.807, 2.05) is 18.2 Å². The maximum Gasteiger partial charge on any atom is 0.160 e. The first-order chi connectivity index (χ1) is 30.1. The molecule has 61 heavy (non-hydrogen) atoms. The molecule has 0 atom stereocenters. The highest BCUT2D eigenvalue weighted by molar-refractivity contribution is 6.06. The predicted molar refractivity (Wildman–Crippen MR) is 250 cm³/mol. The van der Waals surface area contributed by atoms with Gasteiger partial charge in [0.2, 0.25) is 0 Å². The lowest BCUT2D eigenvalue weighted by Gasteiger charge is -2.37. The van der Waals surface area contributed by atoms with Crippen molar-refractivity contribution in [1.29, 1.82) is 0 Å². The standard InChI is InChI=1S/C58H46N2O/c1-4-15-37(16-5-1)56-59-52(36-53(60-56)41-23-25-44-43-20-7-9-22-54(43)61-55(44)33-41)40-18-14-17-38(31-40)39-24-26-49-45(32-39)47-35-50-46(34-51(47)58(49)29-12-3-13-30-58)42-19-6-8-21-48(42)57(50)27-10-2-11-28-57/h1,4-9,14-26,31-36H,2-3,10-13,27-30H2. The van der Waals surface area contributed by atoms with Crippen molar-refractivity contribution in [3.63, 3.8) is 0 Å². The monoisotopic (exact) mass is 786 g/mol. The van der Waals surface area contributed by atoms with E-state index in [9.17, 15) is 0 Å². The highest BCUT2D eigenvalue weighted by Gasteiger charge is 2.49. The van der Waals surface area contributed by atoms with Crippen molar-refractivity contribution in [2.24, 2.45) is 0 Å². The normalized spacial score (nSPS) is 16.8. The number of rotatable bonds is 4. The molecule has 294 valence electrons. The Balaban J connectivity index is 0.940. The number of para-hydroxylation sites is 1. The Morgan fingerprint density at radius 2 is 0.902 bits per heavy atom. The van der Waals surface area contributed by atoms with Crippen molar-refractivity contribution in [3.8, 4) is 67.3 Å². The molecule has 7 aromatic carbocycles. The maximum absolute atomic E-state index is 6.32. The van der Waals surface area contributed by atoms with E-state index in [1.54, 1.807) is 22.3 Å². The Hall–Kier alpha value is -6.58. The molecule has 2 fully saturated rings.